The van der Waals surface area contributed by atoms with Crippen LogP contribution in [0.25, 0.3) is 0 Å². The van der Waals surface area contributed by atoms with Crippen LogP contribution >= 0.6 is 11.3 Å². The highest BCUT2D eigenvalue weighted by molar-refractivity contribution is 7.07. The molecule has 4 N–H and O–H groups in total. The summed E-state index contributed by atoms with van der Waals surface area (Å²) in [6.07, 6.45) is 9.15. The van der Waals surface area contributed by atoms with Crippen molar-refractivity contribution in [3.8, 4) is 12.3 Å². The summed E-state index contributed by atoms with van der Waals surface area (Å²) >= 11 is 1.39. The van der Waals surface area contributed by atoms with Crippen LogP contribution < -0.4 is 10.6 Å². The fourth-order valence-corrected chi connectivity index (χ4v) is 6.47. The molecule has 0 saturated heterocycles. The Morgan fingerprint density at radius 3 is 2.37 bits per heavy atom. The highest BCUT2D eigenvalue weighted by atomic mass is 32.1. The Balaban J connectivity index is 1.82. The van der Waals surface area contributed by atoms with Crippen LogP contribution in [0.1, 0.15) is 62.6 Å². The number of nitrogens with one attached hydrogen (secondary N) is 2. The number of thiazole rings is 1. The molecule has 46 heavy (non-hydrogen) atoms. The van der Waals surface area contributed by atoms with Crippen LogP contribution in [0.2, 0.25) is 0 Å². The zero-order valence-electron chi connectivity index (χ0n) is 27.4. The third-order valence-corrected chi connectivity index (χ3v) is 9.36. The van der Waals surface area contributed by atoms with E-state index >= 15 is 0 Å². The molecule has 1 fully saturated rings. The van der Waals surface area contributed by atoms with Crippen LogP contribution in [0.4, 0.5) is 0 Å². The van der Waals surface area contributed by atoms with Gasteiger partial charge in [0.1, 0.15) is 12.1 Å². The van der Waals surface area contributed by atoms with E-state index in [9.17, 15) is 24.6 Å². The van der Waals surface area contributed by atoms with Crippen LogP contribution in [0.5, 0.6) is 0 Å². The van der Waals surface area contributed by atoms with Gasteiger partial charge in [-0.25, -0.2) is 4.98 Å². The first-order valence-corrected chi connectivity index (χ1v) is 17.2. The molecule has 3 rings (SSSR count). The molecule has 10 nitrogen and oxygen atoms in total. The Hall–Kier alpha value is -3.30. The lowest BCUT2D eigenvalue weighted by atomic mass is 9.82. The van der Waals surface area contributed by atoms with E-state index in [4.69, 9.17) is 6.42 Å². The van der Waals surface area contributed by atoms with Crippen molar-refractivity contribution in [1.82, 2.24) is 25.4 Å². The van der Waals surface area contributed by atoms with Crippen LogP contribution in [0.3, 0.4) is 0 Å². The summed E-state index contributed by atoms with van der Waals surface area (Å²) < 4.78 is 0. The minimum absolute atomic E-state index is 0.0169. The molecule has 1 heterocycles. The lowest BCUT2D eigenvalue weighted by molar-refractivity contribution is -0.137. The Morgan fingerprint density at radius 2 is 1.74 bits per heavy atom. The van der Waals surface area contributed by atoms with E-state index in [0.29, 0.717) is 37.5 Å². The van der Waals surface area contributed by atoms with Crippen LogP contribution in [0.15, 0.2) is 41.2 Å². The van der Waals surface area contributed by atoms with Crippen molar-refractivity contribution in [3.63, 3.8) is 0 Å². The van der Waals surface area contributed by atoms with Crippen LogP contribution in [-0.2, 0) is 27.2 Å². The van der Waals surface area contributed by atoms with Gasteiger partial charge in [0.05, 0.1) is 29.3 Å². The van der Waals surface area contributed by atoms with Gasteiger partial charge in [0.2, 0.25) is 17.7 Å². The predicted molar refractivity (Wildman–Crippen MR) is 181 cm³/mol. The number of aliphatic hydroxyl groups excluding tert-OH is 2. The fourth-order valence-electron chi connectivity index (χ4n) is 5.90. The number of carbonyl (C=O) groups is 3. The number of hydrogen-bond donors (Lipinski definition) is 4. The van der Waals surface area contributed by atoms with Crippen molar-refractivity contribution in [3.05, 3.63) is 52.5 Å². The predicted octanol–water partition coefficient (Wildman–Crippen LogP) is 2.64. The second-order valence-electron chi connectivity index (χ2n) is 12.8. The van der Waals surface area contributed by atoms with E-state index in [2.05, 4.69) is 21.5 Å². The average Bonchev–Trinajstić information content (AvgIpc) is 3.56. The topological polar surface area (TPSA) is 135 Å². The Morgan fingerprint density at radius 1 is 1.02 bits per heavy atom. The Kier molecular flexibility index (Phi) is 15.7. The molecule has 0 radical (unpaired) electrons. The van der Waals surface area contributed by atoms with Gasteiger partial charge in [-0.15, -0.1) is 23.7 Å². The lowest BCUT2D eigenvalue weighted by Gasteiger charge is -2.33. The van der Waals surface area contributed by atoms with Gasteiger partial charge in [-0.1, -0.05) is 62.4 Å². The zero-order valence-corrected chi connectivity index (χ0v) is 28.3. The van der Waals surface area contributed by atoms with E-state index in [0.717, 1.165) is 37.7 Å². The molecular weight excluding hydrogens is 602 g/mol. The number of amides is 3. The molecule has 0 unspecified atom stereocenters. The summed E-state index contributed by atoms with van der Waals surface area (Å²) in [6, 6.07) is 7.74. The number of benzene rings is 1. The average molecular weight is 654 g/mol. The van der Waals surface area contributed by atoms with Crippen molar-refractivity contribution in [1.29, 1.82) is 0 Å². The van der Waals surface area contributed by atoms with Crippen LogP contribution in [-0.4, -0.2) is 101 Å². The summed E-state index contributed by atoms with van der Waals surface area (Å²) in [4.78, 5) is 49.1. The lowest BCUT2D eigenvalue weighted by Crippen LogP contribution is -2.56. The first-order valence-electron chi connectivity index (χ1n) is 16.3. The van der Waals surface area contributed by atoms with Gasteiger partial charge in [-0.2, -0.15) is 0 Å². The number of rotatable bonds is 18. The van der Waals surface area contributed by atoms with Crippen molar-refractivity contribution in [2.75, 3.05) is 34.2 Å². The van der Waals surface area contributed by atoms with Gasteiger partial charge in [0, 0.05) is 44.8 Å². The molecular formula is C35H51N5O5S. The fraction of sp³-hybridized carbons (Fsp3) is 0.600. The highest BCUT2D eigenvalue weighted by Gasteiger charge is 2.34. The molecule has 0 spiro atoms. The molecule has 1 aliphatic rings. The summed E-state index contributed by atoms with van der Waals surface area (Å²) in [7, 11) is 5.60. The van der Waals surface area contributed by atoms with Crippen molar-refractivity contribution < 1.29 is 24.6 Å². The quantitative estimate of drug-likeness (QED) is 0.182. The summed E-state index contributed by atoms with van der Waals surface area (Å²) in [5.41, 5.74) is 3.21. The first kappa shape index (κ1) is 37.2. The molecule has 1 aromatic carbocycles. The number of nitrogens with zero attached hydrogens (tertiary/aromatic N) is 3. The molecule has 1 aliphatic carbocycles. The van der Waals surface area contributed by atoms with E-state index in [1.807, 2.05) is 54.7 Å². The van der Waals surface area contributed by atoms with E-state index in [-0.39, 0.29) is 25.2 Å². The molecule has 1 aromatic heterocycles. The minimum atomic E-state index is -1.27. The van der Waals surface area contributed by atoms with Gasteiger partial charge in [0.15, 0.2) is 0 Å². The van der Waals surface area contributed by atoms with Gasteiger partial charge >= 0.3 is 0 Å². The van der Waals surface area contributed by atoms with Crippen molar-refractivity contribution in [2.24, 2.45) is 11.8 Å². The Labute approximate surface area is 278 Å². The number of carbonyl (C=O) groups excluding carboxylic acids is 3. The monoisotopic (exact) mass is 653 g/mol. The third kappa shape index (κ3) is 12.5. The summed E-state index contributed by atoms with van der Waals surface area (Å²) in [6.45, 7) is 1.22. The van der Waals surface area contributed by atoms with Gasteiger partial charge in [0.25, 0.3) is 0 Å². The second-order valence-corrected chi connectivity index (χ2v) is 13.5. The first-order chi connectivity index (χ1) is 22.1. The van der Waals surface area contributed by atoms with Gasteiger partial charge in [-0.3, -0.25) is 14.4 Å². The second kappa shape index (κ2) is 19.4. The molecule has 3 amide bonds. The van der Waals surface area contributed by atoms with E-state index in [1.165, 1.54) is 11.3 Å². The van der Waals surface area contributed by atoms with Crippen molar-refractivity contribution in [2.45, 2.75) is 88.5 Å². The molecule has 11 heteroatoms. The number of hydrogen-bond acceptors (Lipinski definition) is 8. The summed E-state index contributed by atoms with van der Waals surface area (Å²) in [5.74, 6) is 0.912. The maximum Gasteiger partial charge on any atom is 0.243 e. The summed E-state index contributed by atoms with van der Waals surface area (Å²) in [5, 5.41) is 29.4. The van der Waals surface area contributed by atoms with E-state index in [1.54, 1.807) is 17.5 Å². The third-order valence-electron chi connectivity index (χ3n) is 8.73. The number of aliphatic hydroxyl groups is 2. The molecule has 1 saturated carbocycles. The highest BCUT2D eigenvalue weighted by Crippen LogP contribution is 2.29. The number of terminal acetylenes is 1. The smallest absolute Gasteiger partial charge is 0.243 e. The van der Waals surface area contributed by atoms with Gasteiger partial charge in [-0.05, 0) is 38.4 Å². The standard InChI is InChI=1S/C35H51N5O5S/c1-5-12-31(41)33(43)29(20-26-15-10-7-11-16-26)37-35(45)30(22-28-23-46-24-36-28)38-34(44)27(19-25-13-8-6-9-14-25)21-32(42)40(4)18-17-39(2)3/h1,6,8-9,13-14,23-24,26-27,29-31,33,41,43H,7,10-12,15-22H2,2-4H3,(H,37,45)(H,38,44)/t27-,29+,30+,31+,33-/m1/s1. The maximum atomic E-state index is 13.9. The molecule has 5 atom stereocenters. The van der Waals surface area contributed by atoms with Crippen LogP contribution in [0, 0.1) is 24.2 Å². The Bertz CT molecular complexity index is 1250. The molecule has 2 aromatic rings. The maximum absolute atomic E-state index is 13.9. The van der Waals surface area contributed by atoms with Gasteiger partial charge < -0.3 is 30.6 Å². The minimum Gasteiger partial charge on any atom is -0.389 e. The number of aromatic nitrogens is 1. The number of likely N-dealkylation sites (N-methyl/N-ethyl adjacent to an activating group) is 2. The van der Waals surface area contributed by atoms with Crippen molar-refractivity contribution >= 4 is 29.1 Å². The SMILES string of the molecule is C#CC[C@H](O)[C@H](O)[C@H](CC1CCCCC1)NC(=O)[C@H](Cc1cscn1)NC(=O)[C@@H](CC(=O)N(C)CCN(C)C)Cc1ccccc1. The molecule has 252 valence electrons. The molecule has 0 bridgehead atoms. The molecule has 0 aliphatic heterocycles. The zero-order chi connectivity index (χ0) is 33.5. The normalized spacial score (nSPS) is 16.9. The largest absolute Gasteiger partial charge is 0.389 e. The van der Waals surface area contributed by atoms with E-state index < -0.39 is 42.0 Å².